The van der Waals surface area contributed by atoms with Crippen LogP contribution in [-0.2, 0) is 9.59 Å². The Morgan fingerprint density at radius 3 is 2.36 bits per heavy atom. The molecule has 3 N–H and O–H groups in total. The molecule has 44 heavy (non-hydrogen) atoms. The quantitative estimate of drug-likeness (QED) is 0.163. The standard InChI is InChI=1S/C35H52N2O7/c1-3-4-5-6-7-8-9-10-14-17-30(40)37(25-15-12-11-13-16-25)28-22-27(35(42)36-18-19-38)31-26-20-24(23-39)21-29(43-2)33(26)44-34(31)32(28)41/h20-23,25,28,31-32,34,38,41H,3-19H2,1-2H3,(H,36,42)/t28-,31+,32+,34+/m1/s1. The van der Waals surface area contributed by atoms with Crippen molar-refractivity contribution in [2.45, 2.75) is 133 Å². The van der Waals surface area contributed by atoms with Gasteiger partial charge < -0.3 is 29.9 Å². The molecule has 244 valence electrons. The van der Waals surface area contributed by atoms with Crippen LogP contribution in [0.2, 0.25) is 0 Å². The minimum Gasteiger partial charge on any atom is -0.493 e. The Labute approximate surface area is 262 Å². The molecule has 1 aromatic rings. The van der Waals surface area contributed by atoms with E-state index in [9.17, 15) is 24.6 Å². The summed E-state index contributed by atoms with van der Waals surface area (Å²) in [5.74, 6) is -0.315. The van der Waals surface area contributed by atoms with Gasteiger partial charge in [0.15, 0.2) is 11.5 Å². The molecule has 0 bridgehead atoms. The van der Waals surface area contributed by atoms with Crippen LogP contribution in [0.3, 0.4) is 0 Å². The molecule has 1 fully saturated rings. The van der Waals surface area contributed by atoms with Gasteiger partial charge in [-0.25, -0.2) is 0 Å². The van der Waals surface area contributed by atoms with Crippen LogP contribution in [0, 0.1) is 0 Å². The minimum atomic E-state index is -1.10. The maximum absolute atomic E-state index is 14.0. The molecule has 1 heterocycles. The van der Waals surface area contributed by atoms with E-state index in [2.05, 4.69) is 12.2 Å². The van der Waals surface area contributed by atoms with Crippen molar-refractivity contribution in [1.82, 2.24) is 10.2 Å². The number of hydrogen-bond acceptors (Lipinski definition) is 7. The zero-order chi connectivity index (χ0) is 31.5. The summed E-state index contributed by atoms with van der Waals surface area (Å²) in [5, 5.41) is 24.1. The van der Waals surface area contributed by atoms with E-state index < -0.39 is 30.1 Å². The molecule has 1 aromatic carbocycles. The summed E-state index contributed by atoms with van der Waals surface area (Å²) in [5.41, 5.74) is 1.32. The predicted octanol–water partition coefficient (Wildman–Crippen LogP) is 5.21. The molecule has 1 saturated carbocycles. The van der Waals surface area contributed by atoms with Crippen molar-refractivity contribution < 1.29 is 34.1 Å². The topological polar surface area (TPSA) is 125 Å². The van der Waals surface area contributed by atoms with Gasteiger partial charge >= 0.3 is 0 Å². The van der Waals surface area contributed by atoms with Crippen LogP contribution in [0.4, 0.5) is 0 Å². The number of nitrogens with zero attached hydrogens (tertiary/aromatic N) is 1. The first-order valence-electron chi connectivity index (χ1n) is 16.9. The molecular weight excluding hydrogens is 560 g/mol. The molecule has 1 aliphatic heterocycles. The Bertz CT molecular complexity index is 1150. The van der Waals surface area contributed by atoms with Crippen LogP contribution in [0.1, 0.15) is 125 Å². The van der Waals surface area contributed by atoms with E-state index in [4.69, 9.17) is 9.47 Å². The van der Waals surface area contributed by atoms with Crippen molar-refractivity contribution >= 4 is 18.1 Å². The highest BCUT2D eigenvalue weighted by atomic mass is 16.5. The lowest BCUT2D eigenvalue weighted by Gasteiger charge is -2.45. The van der Waals surface area contributed by atoms with Crippen molar-refractivity contribution in [3.63, 3.8) is 0 Å². The van der Waals surface area contributed by atoms with E-state index in [1.165, 1.54) is 45.6 Å². The fourth-order valence-corrected chi connectivity index (χ4v) is 7.22. The number of aliphatic hydroxyl groups excluding tert-OH is 2. The number of methoxy groups -OCH3 is 1. The molecule has 9 nitrogen and oxygen atoms in total. The Hall–Kier alpha value is -2.91. The number of benzene rings is 1. The van der Waals surface area contributed by atoms with E-state index in [1.807, 2.05) is 4.90 Å². The summed E-state index contributed by atoms with van der Waals surface area (Å²) in [6.45, 7) is 2.07. The minimum absolute atomic E-state index is 0.00467. The third kappa shape index (κ3) is 8.02. The predicted molar refractivity (Wildman–Crippen MR) is 169 cm³/mol. The fourth-order valence-electron chi connectivity index (χ4n) is 7.22. The van der Waals surface area contributed by atoms with Crippen molar-refractivity contribution in [2.24, 2.45) is 0 Å². The van der Waals surface area contributed by atoms with Crippen molar-refractivity contribution in [1.29, 1.82) is 0 Å². The lowest BCUT2D eigenvalue weighted by molar-refractivity contribution is -0.141. The second-order valence-corrected chi connectivity index (χ2v) is 12.6. The van der Waals surface area contributed by atoms with Crippen molar-refractivity contribution in [2.75, 3.05) is 20.3 Å². The number of aldehydes is 1. The molecule has 0 aromatic heterocycles. The van der Waals surface area contributed by atoms with E-state index in [0.717, 1.165) is 51.4 Å². The lowest BCUT2D eigenvalue weighted by Crippen LogP contribution is -2.58. The van der Waals surface area contributed by atoms with Gasteiger partial charge in [-0.1, -0.05) is 77.6 Å². The number of amides is 2. The van der Waals surface area contributed by atoms with E-state index >= 15 is 0 Å². The summed E-state index contributed by atoms with van der Waals surface area (Å²) < 4.78 is 11.9. The highest BCUT2D eigenvalue weighted by molar-refractivity contribution is 5.96. The van der Waals surface area contributed by atoms with E-state index in [-0.39, 0.29) is 25.1 Å². The van der Waals surface area contributed by atoms with Gasteiger partial charge in [-0.2, -0.15) is 0 Å². The van der Waals surface area contributed by atoms with Crippen LogP contribution >= 0.6 is 0 Å². The first-order valence-corrected chi connectivity index (χ1v) is 16.9. The van der Waals surface area contributed by atoms with Crippen LogP contribution in [-0.4, -0.2) is 77.8 Å². The van der Waals surface area contributed by atoms with Gasteiger partial charge in [-0.05, 0) is 37.5 Å². The number of carbonyl (C=O) groups excluding carboxylic acids is 3. The first kappa shape index (κ1) is 34.0. The average Bonchev–Trinajstić information content (AvgIpc) is 3.44. The zero-order valence-electron chi connectivity index (χ0n) is 26.6. The number of aliphatic hydroxyl groups is 2. The molecular formula is C35H52N2O7. The molecule has 0 saturated heterocycles. The normalized spacial score (nSPS) is 22.8. The van der Waals surface area contributed by atoms with Crippen LogP contribution < -0.4 is 14.8 Å². The molecule has 0 spiro atoms. The average molecular weight is 613 g/mol. The number of hydrogen-bond donors (Lipinski definition) is 3. The summed E-state index contributed by atoms with van der Waals surface area (Å²) >= 11 is 0. The smallest absolute Gasteiger partial charge is 0.247 e. The van der Waals surface area contributed by atoms with Crippen LogP contribution in [0.25, 0.3) is 0 Å². The van der Waals surface area contributed by atoms with Crippen molar-refractivity contribution in [3.05, 3.63) is 34.9 Å². The molecule has 0 radical (unpaired) electrons. The number of fused-ring (bicyclic) bond motifs is 3. The number of unbranched alkanes of at least 4 members (excludes halogenated alkanes) is 8. The van der Waals surface area contributed by atoms with Gasteiger partial charge in [-0.15, -0.1) is 0 Å². The first-order chi connectivity index (χ1) is 21.4. The molecule has 4 atom stereocenters. The molecule has 9 heteroatoms. The largest absolute Gasteiger partial charge is 0.493 e. The third-order valence-electron chi connectivity index (χ3n) is 9.48. The molecule has 3 aliphatic rings. The zero-order valence-corrected chi connectivity index (χ0v) is 26.6. The molecule has 2 amide bonds. The Kier molecular flexibility index (Phi) is 13.1. The molecule has 2 aliphatic carbocycles. The van der Waals surface area contributed by atoms with Crippen molar-refractivity contribution in [3.8, 4) is 11.5 Å². The second kappa shape index (κ2) is 17.0. The lowest BCUT2D eigenvalue weighted by atomic mass is 9.76. The highest BCUT2D eigenvalue weighted by Crippen LogP contribution is 2.51. The SMILES string of the molecule is CCCCCCCCCCCC(=O)N(C1CCCCC1)[C@@H]1C=C(C(=O)NCCO)[C@@H]2c3cc(C=O)cc(OC)c3O[C@@H]2[C@H]1O. The van der Waals surface area contributed by atoms with E-state index in [1.54, 1.807) is 18.2 Å². The Balaban J connectivity index is 1.59. The summed E-state index contributed by atoms with van der Waals surface area (Å²) in [6, 6.07) is 2.48. The maximum Gasteiger partial charge on any atom is 0.247 e. The second-order valence-electron chi connectivity index (χ2n) is 12.6. The number of nitrogens with one attached hydrogen (secondary N) is 1. The van der Waals surface area contributed by atoms with Crippen LogP contribution in [0.15, 0.2) is 23.8 Å². The summed E-state index contributed by atoms with van der Waals surface area (Å²) in [7, 11) is 1.48. The Morgan fingerprint density at radius 1 is 1.05 bits per heavy atom. The summed E-state index contributed by atoms with van der Waals surface area (Å²) in [4.78, 5) is 41.1. The molecule has 0 unspecified atom stereocenters. The van der Waals surface area contributed by atoms with Gasteiger partial charge in [0.1, 0.15) is 18.5 Å². The van der Waals surface area contributed by atoms with Gasteiger partial charge in [-0.3, -0.25) is 14.4 Å². The third-order valence-corrected chi connectivity index (χ3v) is 9.48. The monoisotopic (exact) mass is 612 g/mol. The van der Waals surface area contributed by atoms with Gasteiger partial charge in [0.2, 0.25) is 11.8 Å². The maximum atomic E-state index is 14.0. The van der Waals surface area contributed by atoms with Crippen LogP contribution in [0.5, 0.6) is 11.5 Å². The number of ether oxygens (including phenoxy) is 2. The van der Waals surface area contributed by atoms with Gasteiger partial charge in [0.25, 0.3) is 0 Å². The van der Waals surface area contributed by atoms with E-state index in [0.29, 0.717) is 40.9 Å². The fraction of sp³-hybridized carbons (Fsp3) is 0.686. The summed E-state index contributed by atoms with van der Waals surface area (Å²) in [6.07, 6.45) is 16.2. The Morgan fingerprint density at radius 2 is 1.73 bits per heavy atom. The van der Waals surface area contributed by atoms with Gasteiger partial charge in [0.05, 0.1) is 25.7 Å². The van der Waals surface area contributed by atoms with Gasteiger partial charge in [0, 0.05) is 35.7 Å². The highest BCUT2D eigenvalue weighted by Gasteiger charge is 2.52. The number of carbonyl (C=O) groups is 3. The number of rotatable bonds is 17. The molecule has 4 rings (SSSR count).